The minimum atomic E-state index is -0.469. The highest BCUT2D eigenvalue weighted by Gasteiger charge is 2.15. The zero-order valence-corrected chi connectivity index (χ0v) is 13.8. The fraction of sp³-hybridized carbons (Fsp3) is 0.0625. The van der Waals surface area contributed by atoms with E-state index in [1.165, 1.54) is 30.6 Å². The molecule has 0 bridgehead atoms. The molecule has 126 valence electrons. The zero-order chi connectivity index (χ0) is 17.8. The van der Waals surface area contributed by atoms with Gasteiger partial charge in [0.1, 0.15) is 10.8 Å². The summed E-state index contributed by atoms with van der Waals surface area (Å²) < 4.78 is 5.16. The molecule has 1 aromatic heterocycles. The second-order valence-corrected chi connectivity index (χ2v) is 5.85. The van der Waals surface area contributed by atoms with Gasteiger partial charge >= 0.3 is 0 Å². The Bertz CT molecular complexity index is 924. The van der Waals surface area contributed by atoms with Gasteiger partial charge in [-0.3, -0.25) is 20.2 Å². The third kappa shape index (κ3) is 3.61. The molecule has 2 aromatic carbocycles. The molecule has 0 atom stereocenters. The molecule has 0 aliphatic rings. The van der Waals surface area contributed by atoms with Crippen LogP contribution in [0.2, 0.25) is 0 Å². The van der Waals surface area contributed by atoms with Crippen LogP contribution in [0.5, 0.6) is 5.75 Å². The van der Waals surface area contributed by atoms with Crippen molar-refractivity contribution >= 4 is 28.1 Å². The summed E-state index contributed by atoms with van der Waals surface area (Å²) in [6, 6.07) is 12.8. The number of nitro groups is 1. The van der Waals surface area contributed by atoms with Crippen molar-refractivity contribution in [2.45, 2.75) is 0 Å². The van der Waals surface area contributed by atoms with Crippen molar-refractivity contribution in [1.29, 1.82) is 0 Å². The molecule has 8 nitrogen and oxygen atoms in total. The third-order valence-electron chi connectivity index (χ3n) is 3.32. The number of methoxy groups -OCH3 is 1. The molecule has 0 unspecified atom stereocenters. The quantitative estimate of drug-likeness (QED) is 0.555. The van der Waals surface area contributed by atoms with E-state index in [1.807, 2.05) is 0 Å². The van der Waals surface area contributed by atoms with E-state index in [9.17, 15) is 14.9 Å². The van der Waals surface area contributed by atoms with Gasteiger partial charge < -0.3 is 4.74 Å². The van der Waals surface area contributed by atoms with Crippen LogP contribution in [-0.2, 0) is 0 Å². The fourth-order valence-corrected chi connectivity index (χ4v) is 2.86. The van der Waals surface area contributed by atoms with Crippen molar-refractivity contribution in [3.05, 3.63) is 64.2 Å². The molecular formula is C16H12N4O4S. The van der Waals surface area contributed by atoms with Crippen molar-refractivity contribution in [2.75, 3.05) is 12.4 Å². The van der Waals surface area contributed by atoms with Crippen LogP contribution < -0.4 is 10.1 Å². The number of hydrogen-bond donors (Lipinski definition) is 1. The van der Waals surface area contributed by atoms with Crippen molar-refractivity contribution in [3.63, 3.8) is 0 Å². The number of hydrogen-bond acceptors (Lipinski definition) is 7. The normalized spacial score (nSPS) is 10.3. The minimum absolute atomic E-state index is 0.00189. The summed E-state index contributed by atoms with van der Waals surface area (Å²) in [6.07, 6.45) is 0. The monoisotopic (exact) mass is 356 g/mol. The number of anilines is 1. The van der Waals surface area contributed by atoms with Crippen molar-refractivity contribution in [2.24, 2.45) is 0 Å². The highest BCUT2D eigenvalue weighted by Crippen LogP contribution is 2.28. The van der Waals surface area contributed by atoms with Gasteiger partial charge in [-0.15, -0.1) is 10.2 Å². The number of aromatic nitrogens is 2. The Morgan fingerprint density at radius 3 is 2.56 bits per heavy atom. The molecule has 0 fully saturated rings. The lowest BCUT2D eigenvalue weighted by molar-refractivity contribution is -0.384. The lowest BCUT2D eigenvalue weighted by Gasteiger charge is -2.06. The van der Waals surface area contributed by atoms with Crippen molar-refractivity contribution in [3.8, 4) is 16.3 Å². The van der Waals surface area contributed by atoms with Crippen LogP contribution in [0.25, 0.3) is 10.6 Å². The van der Waals surface area contributed by atoms with Gasteiger partial charge in [-0.2, -0.15) is 0 Å². The van der Waals surface area contributed by atoms with E-state index in [1.54, 1.807) is 36.4 Å². The van der Waals surface area contributed by atoms with Gasteiger partial charge in [0.2, 0.25) is 5.13 Å². The van der Waals surface area contributed by atoms with Crippen molar-refractivity contribution in [1.82, 2.24) is 10.2 Å². The Morgan fingerprint density at radius 1 is 1.16 bits per heavy atom. The number of para-hydroxylation sites is 1. The Labute approximate surface area is 146 Å². The van der Waals surface area contributed by atoms with Gasteiger partial charge in [-0.1, -0.05) is 23.5 Å². The number of carbonyl (C=O) groups excluding carboxylic acids is 1. The van der Waals surface area contributed by atoms with Crippen LogP contribution in [0.15, 0.2) is 48.5 Å². The summed E-state index contributed by atoms with van der Waals surface area (Å²) in [4.78, 5) is 22.5. The number of carbonyl (C=O) groups is 1. The van der Waals surface area contributed by atoms with Crippen molar-refractivity contribution < 1.29 is 14.5 Å². The first-order chi connectivity index (χ1) is 12.1. The highest BCUT2D eigenvalue weighted by atomic mass is 32.1. The Hall–Kier alpha value is -3.33. The predicted molar refractivity (Wildman–Crippen MR) is 92.9 cm³/mol. The van der Waals surface area contributed by atoms with Crippen LogP contribution in [0.1, 0.15) is 10.4 Å². The Morgan fingerprint density at radius 2 is 1.88 bits per heavy atom. The molecule has 1 N–H and O–H groups in total. The largest absolute Gasteiger partial charge is 0.496 e. The molecule has 0 radical (unpaired) electrons. The maximum Gasteiger partial charge on any atom is 0.269 e. The summed E-state index contributed by atoms with van der Waals surface area (Å²) >= 11 is 1.17. The van der Waals surface area contributed by atoms with Crippen LogP contribution in [0, 0.1) is 10.1 Å². The maximum atomic E-state index is 12.3. The average molecular weight is 356 g/mol. The SMILES string of the molecule is COc1ccccc1C(=O)Nc1nnc(-c2ccc([N+](=O)[O-])cc2)s1. The zero-order valence-electron chi connectivity index (χ0n) is 13.0. The minimum Gasteiger partial charge on any atom is -0.496 e. The predicted octanol–water partition coefficient (Wildman–Crippen LogP) is 3.37. The van der Waals surface area contributed by atoms with Gasteiger partial charge in [0.15, 0.2) is 0 Å². The lowest BCUT2D eigenvalue weighted by Crippen LogP contribution is -2.12. The number of amides is 1. The third-order valence-corrected chi connectivity index (χ3v) is 4.21. The number of nitro benzene ring substituents is 1. The van der Waals surface area contributed by atoms with Crippen LogP contribution in [-0.4, -0.2) is 28.1 Å². The summed E-state index contributed by atoms with van der Waals surface area (Å²) in [5, 5.41) is 22.2. The first-order valence-electron chi connectivity index (χ1n) is 7.11. The number of benzene rings is 2. The summed E-state index contributed by atoms with van der Waals surface area (Å²) in [6.45, 7) is 0. The van der Waals surface area contributed by atoms with E-state index in [2.05, 4.69) is 15.5 Å². The number of ether oxygens (including phenoxy) is 1. The standard InChI is InChI=1S/C16H12N4O4S/c1-24-13-5-3-2-4-12(13)14(21)17-16-19-18-15(25-16)10-6-8-11(9-7-10)20(22)23/h2-9H,1H3,(H,17,19,21). The molecule has 1 heterocycles. The van der Waals surface area contributed by atoms with E-state index in [0.29, 0.717) is 27.0 Å². The van der Waals surface area contributed by atoms with E-state index in [-0.39, 0.29) is 11.6 Å². The molecule has 0 aliphatic carbocycles. The van der Waals surface area contributed by atoms with E-state index < -0.39 is 4.92 Å². The summed E-state index contributed by atoms with van der Waals surface area (Å²) in [5.41, 5.74) is 1.07. The first-order valence-corrected chi connectivity index (χ1v) is 7.93. The molecule has 3 aromatic rings. The Balaban J connectivity index is 1.77. The fourth-order valence-electron chi connectivity index (χ4n) is 2.11. The molecule has 0 spiro atoms. The van der Waals surface area contributed by atoms with E-state index >= 15 is 0 Å². The number of nitrogens with zero attached hydrogens (tertiary/aromatic N) is 3. The van der Waals surface area contributed by atoms with Gasteiger partial charge in [-0.05, 0) is 24.3 Å². The molecule has 3 rings (SSSR count). The molecule has 25 heavy (non-hydrogen) atoms. The Kier molecular flexibility index (Phi) is 4.66. The second-order valence-electron chi connectivity index (χ2n) is 4.87. The smallest absolute Gasteiger partial charge is 0.269 e. The van der Waals surface area contributed by atoms with Crippen LogP contribution in [0.3, 0.4) is 0 Å². The number of non-ortho nitro benzene ring substituents is 1. The summed E-state index contributed by atoms with van der Waals surface area (Å²) in [5.74, 6) is 0.101. The van der Waals surface area contributed by atoms with Gasteiger partial charge in [0.25, 0.3) is 11.6 Å². The average Bonchev–Trinajstić information content (AvgIpc) is 3.10. The summed E-state index contributed by atoms with van der Waals surface area (Å²) in [7, 11) is 1.49. The van der Waals surface area contributed by atoms with Crippen LogP contribution in [0.4, 0.5) is 10.8 Å². The number of rotatable bonds is 5. The topological polar surface area (TPSA) is 107 Å². The van der Waals surface area contributed by atoms with E-state index in [0.717, 1.165) is 0 Å². The van der Waals surface area contributed by atoms with Gasteiger partial charge in [0.05, 0.1) is 17.6 Å². The highest BCUT2D eigenvalue weighted by molar-refractivity contribution is 7.18. The molecule has 1 amide bonds. The molecule has 0 saturated carbocycles. The maximum absolute atomic E-state index is 12.3. The number of nitrogens with one attached hydrogen (secondary N) is 1. The van der Waals surface area contributed by atoms with E-state index in [4.69, 9.17) is 4.74 Å². The molecule has 9 heteroatoms. The second kappa shape index (κ2) is 7.05. The van der Waals surface area contributed by atoms with Gasteiger partial charge in [0, 0.05) is 17.7 Å². The lowest BCUT2D eigenvalue weighted by atomic mass is 10.2. The molecular weight excluding hydrogens is 344 g/mol. The van der Waals surface area contributed by atoms with Crippen LogP contribution >= 0.6 is 11.3 Å². The molecule has 0 aliphatic heterocycles. The van der Waals surface area contributed by atoms with Gasteiger partial charge in [-0.25, -0.2) is 0 Å². The first kappa shape index (κ1) is 16.5. The molecule has 0 saturated heterocycles.